The van der Waals surface area contributed by atoms with Crippen LogP contribution in [0.3, 0.4) is 0 Å². The molecule has 2 unspecified atom stereocenters. The van der Waals surface area contributed by atoms with Gasteiger partial charge in [0.1, 0.15) is 0 Å². The van der Waals surface area contributed by atoms with Gasteiger partial charge in [-0.2, -0.15) is 0 Å². The molecule has 0 aliphatic heterocycles. The maximum absolute atomic E-state index is 8.85. The smallest absolute Gasteiger partial charge is 0.0449 e. The maximum Gasteiger partial charge on any atom is 0.0449 e. The van der Waals surface area contributed by atoms with Gasteiger partial charge in [-0.15, -0.1) is 0 Å². The fourth-order valence-electron chi connectivity index (χ4n) is 2.39. The third-order valence-electron chi connectivity index (χ3n) is 3.24. The first kappa shape index (κ1) is 10.7. The first-order chi connectivity index (χ1) is 7.20. The van der Waals surface area contributed by atoms with Gasteiger partial charge in [-0.1, -0.05) is 25.1 Å². The highest BCUT2D eigenvalue weighted by atomic mass is 16.3. The molecule has 1 aromatic rings. The zero-order valence-corrected chi connectivity index (χ0v) is 9.24. The molecule has 3 N–H and O–H groups in total. The van der Waals surface area contributed by atoms with Crippen LogP contribution in [0.5, 0.6) is 0 Å². The lowest BCUT2D eigenvalue weighted by atomic mass is 10.00. The molecule has 0 amide bonds. The first-order valence-electron chi connectivity index (χ1n) is 5.69. The lowest BCUT2D eigenvalue weighted by Crippen LogP contribution is -2.12. The Balaban J connectivity index is 2.19. The molecule has 0 bridgehead atoms. The van der Waals surface area contributed by atoms with Crippen molar-refractivity contribution < 1.29 is 5.11 Å². The van der Waals surface area contributed by atoms with Crippen LogP contribution in [0.2, 0.25) is 0 Å². The van der Waals surface area contributed by atoms with E-state index in [1.807, 2.05) is 0 Å². The molecule has 0 spiro atoms. The number of fused-ring (bicyclic) bond motifs is 1. The zero-order valence-electron chi connectivity index (χ0n) is 9.24. The van der Waals surface area contributed by atoms with Gasteiger partial charge in [-0.05, 0) is 41.9 Å². The van der Waals surface area contributed by atoms with Crippen molar-refractivity contribution in [3.8, 4) is 0 Å². The molecule has 2 atom stereocenters. The number of benzene rings is 1. The van der Waals surface area contributed by atoms with Crippen molar-refractivity contribution in [2.45, 2.75) is 32.2 Å². The van der Waals surface area contributed by atoms with E-state index in [1.165, 1.54) is 24.0 Å². The molecule has 82 valence electrons. The standard InChI is InChI=1S/C13H19NO/c1-9-6-10-2-3-11(8-12(10)7-9)13(14)4-5-15/h2-3,8-9,13,15H,4-7,14H2,1H3. The molecular formula is C13H19NO. The minimum Gasteiger partial charge on any atom is -0.396 e. The molecule has 1 aliphatic rings. The summed E-state index contributed by atoms with van der Waals surface area (Å²) in [6, 6.07) is 6.51. The molecule has 0 fully saturated rings. The van der Waals surface area contributed by atoms with Crippen molar-refractivity contribution in [2.24, 2.45) is 11.7 Å². The van der Waals surface area contributed by atoms with E-state index in [-0.39, 0.29) is 12.6 Å². The Kier molecular flexibility index (Phi) is 3.08. The molecule has 0 aromatic heterocycles. The van der Waals surface area contributed by atoms with Gasteiger partial charge in [0, 0.05) is 12.6 Å². The summed E-state index contributed by atoms with van der Waals surface area (Å²) in [5.41, 5.74) is 10.1. The number of hydrogen-bond donors (Lipinski definition) is 2. The highest BCUT2D eigenvalue weighted by Crippen LogP contribution is 2.28. The first-order valence-corrected chi connectivity index (χ1v) is 5.69. The fourth-order valence-corrected chi connectivity index (χ4v) is 2.39. The highest BCUT2D eigenvalue weighted by Gasteiger charge is 2.18. The second-order valence-electron chi connectivity index (χ2n) is 4.66. The van der Waals surface area contributed by atoms with E-state index in [2.05, 4.69) is 25.1 Å². The minimum atomic E-state index is -0.0174. The molecule has 2 nitrogen and oxygen atoms in total. The third-order valence-corrected chi connectivity index (χ3v) is 3.24. The van der Waals surface area contributed by atoms with Crippen LogP contribution in [-0.4, -0.2) is 11.7 Å². The van der Waals surface area contributed by atoms with Gasteiger partial charge in [0.15, 0.2) is 0 Å². The molecule has 2 heteroatoms. The van der Waals surface area contributed by atoms with E-state index in [1.54, 1.807) is 0 Å². The quantitative estimate of drug-likeness (QED) is 0.790. The second kappa shape index (κ2) is 4.33. The number of aliphatic hydroxyl groups excluding tert-OH is 1. The molecule has 1 aromatic carbocycles. The SMILES string of the molecule is CC1Cc2ccc(C(N)CCO)cc2C1. The van der Waals surface area contributed by atoms with E-state index >= 15 is 0 Å². The Bertz CT molecular complexity index is 348. The summed E-state index contributed by atoms with van der Waals surface area (Å²) in [5, 5.41) is 8.85. The van der Waals surface area contributed by atoms with Crippen molar-refractivity contribution in [2.75, 3.05) is 6.61 Å². The summed E-state index contributed by atoms with van der Waals surface area (Å²) in [5.74, 6) is 0.768. The normalized spacial score (nSPS) is 21.4. The van der Waals surface area contributed by atoms with Crippen molar-refractivity contribution in [3.05, 3.63) is 34.9 Å². The average Bonchev–Trinajstić information content (AvgIpc) is 2.57. The summed E-state index contributed by atoms with van der Waals surface area (Å²) in [6.45, 7) is 2.45. The van der Waals surface area contributed by atoms with Crippen LogP contribution >= 0.6 is 0 Å². The largest absolute Gasteiger partial charge is 0.396 e. The molecular weight excluding hydrogens is 186 g/mol. The lowest BCUT2D eigenvalue weighted by molar-refractivity contribution is 0.276. The summed E-state index contributed by atoms with van der Waals surface area (Å²) in [4.78, 5) is 0. The van der Waals surface area contributed by atoms with Crippen molar-refractivity contribution in [1.29, 1.82) is 0 Å². The Morgan fingerprint density at radius 2 is 2.13 bits per heavy atom. The number of hydrogen-bond acceptors (Lipinski definition) is 2. The number of nitrogens with two attached hydrogens (primary N) is 1. The summed E-state index contributed by atoms with van der Waals surface area (Å²) < 4.78 is 0. The summed E-state index contributed by atoms with van der Waals surface area (Å²) in [6.07, 6.45) is 3.02. The number of rotatable bonds is 3. The van der Waals surface area contributed by atoms with Crippen molar-refractivity contribution in [1.82, 2.24) is 0 Å². The Morgan fingerprint density at radius 3 is 2.87 bits per heavy atom. The van der Waals surface area contributed by atoms with Crippen molar-refractivity contribution >= 4 is 0 Å². The summed E-state index contributed by atoms with van der Waals surface area (Å²) in [7, 11) is 0. The van der Waals surface area contributed by atoms with E-state index < -0.39 is 0 Å². The second-order valence-corrected chi connectivity index (χ2v) is 4.66. The molecule has 0 heterocycles. The maximum atomic E-state index is 8.85. The van der Waals surface area contributed by atoms with Crippen molar-refractivity contribution in [3.63, 3.8) is 0 Å². The molecule has 0 saturated carbocycles. The molecule has 0 saturated heterocycles. The molecule has 1 aliphatic carbocycles. The van der Waals surface area contributed by atoms with E-state index in [0.717, 1.165) is 11.5 Å². The summed E-state index contributed by atoms with van der Waals surface area (Å²) >= 11 is 0. The average molecular weight is 205 g/mol. The van der Waals surface area contributed by atoms with Crippen LogP contribution in [0, 0.1) is 5.92 Å². The van der Waals surface area contributed by atoms with Crippen LogP contribution in [0.1, 0.15) is 36.1 Å². The van der Waals surface area contributed by atoms with E-state index in [0.29, 0.717) is 6.42 Å². The third kappa shape index (κ3) is 2.21. The molecule has 0 radical (unpaired) electrons. The van der Waals surface area contributed by atoms with Crippen LogP contribution in [-0.2, 0) is 12.8 Å². The van der Waals surface area contributed by atoms with E-state index in [4.69, 9.17) is 10.8 Å². The Labute approximate surface area is 91.1 Å². The van der Waals surface area contributed by atoms with Gasteiger partial charge in [-0.25, -0.2) is 0 Å². The topological polar surface area (TPSA) is 46.2 Å². The zero-order chi connectivity index (χ0) is 10.8. The van der Waals surface area contributed by atoms with Gasteiger partial charge in [0.25, 0.3) is 0 Å². The molecule has 2 rings (SSSR count). The van der Waals surface area contributed by atoms with E-state index in [9.17, 15) is 0 Å². The van der Waals surface area contributed by atoms with Crippen LogP contribution in [0.25, 0.3) is 0 Å². The van der Waals surface area contributed by atoms with Gasteiger partial charge in [0.2, 0.25) is 0 Å². The van der Waals surface area contributed by atoms with Crippen LogP contribution in [0.15, 0.2) is 18.2 Å². The van der Waals surface area contributed by atoms with Crippen LogP contribution in [0.4, 0.5) is 0 Å². The van der Waals surface area contributed by atoms with Crippen LogP contribution < -0.4 is 5.73 Å². The van der Waals surface area contributed by atoms with Gasteiger partial charge < -0.3 is 10.8 Å². The monoisotopic (exact) mass is 205 g/mol. The fraction of sp³-hybridized carbons (Fsp3) is 0.538. The predicted molar refractivity (Wildman–Crippen MR) is 61.6 cm³/mol. The lowest BCUT2D eigenvalue weighted by Gasteiger charge is -2.11. The number of aliphatic hydroxyl groups is 1. The van der Waals surface area contributed by atoms with Gasteiger partial charge in [0.05, 0.1) is 0 Å². The predicted octanol–water partition coefficient (Wildman–Crippen LogP) is 1.80. The Hall–Kier alpha value is -0.860. The van der Waals surface area contributed by atoms with Gasteiger partial charge >= 0.3 is 0 Å². The highest BCUT2D eigenvalue weighted by molar-refractivity contribution is 5.37. The Morgan fingerprint density at radius 1 is 1.40 bits per heavy atom. The molecule has 15 heavy (non-hydrogen) atoms. The minimum absolute atomic E-state index is 0.0174. The van der Waals surface area contributed by atoms with Gasteiger partial charge in [-0.3, -0.25) is 0 Å².